The van der Waals surface area contributed by atoms with Crippen LogP contribution in [0.4, 0.5) is 0 Å². The zero-order chi connectivity index (χ0) is 12.7. The van der Waals surface area contributed by atoms with Crippen LogP contribution in [0, 0.1) is 0 Å². The molecule has 3 nitrogen and oxygen atoms in total. The standard InChI is InChI=1S/C13H21NO2S/c1-3-5-6-11-14-17(15,16)13-9-7-12(4-2)8-10-13/h7-10,14H,3-6,11H2,1-2H3. The highest BCUT2D eigenvalue weighted by molar-refractivity contribution is 7.89. The van der Waals surface area contributed by atoms with E-state index in [9.17, 15) is 8.42 Å². The summed E-state index contributed by atoms with van der Waals surface area (Å²) in [5.41, 5.74) is 1.15. The highest BCUT2D eigenvalue weighted by Crippen LogP contribution is 2.10. The second kappa shape index (κ2) is 6.77. The second-order valence-corrected chi connectivity index (χ2v) is 5.87. The summed E-state index contributed by atoms with van der Waals surface area (Å²) < 4.78 is 26.4. The van der Waals surface area contributed by atoms with Gasteiger partial charge in [-0.2, -0.15) is 0 Å². The first-order valence-corrected chi connectivity index (χ1v) is 7.67. The fraction of sp³-hybridized carbons (Fsp3) is 0.538. The number of sulfonamides is 1. The van der Waals surface area contributed by atoms with Crippen LogP contribution in [0.3, 0.4) is 0 Å². The predicted molar refractivity (Wildman–Crippen MR) is 70.5 cm³/mol. The van der Waals surface area contributed by atoms with E-state index in [-0.39, 0.29) is 0 Å². The van der Waals surface area contributed by atoms with E-state index in [1.807, 2.05) is 19.1 Å². The molecule has 0 heterocycles. The molecular formula is C13H21NO2S. The molecule has 0 unspecified atom stereocenters. The third kappa shape index (κ3) is 4.48. The highest BCUT2D eigenvalue weighted by atomic mass is 32.2. The van der Waals surface area contributed by atoms with Crippen LogP contribution in [0.1, 0.15) is 38.7 Å². The van der Waals surface area contributed by atoms with E-state index >= 15 is 0 Å². The lowest BCUT2D eigenvalue weighted by atomic mass is 10.2. The van der Waals surface area contributed by atoms with Gasteiger partial charge in [-0.05, 0) is 30.5 Å². The van der Waals surface area contributed by atoms with Gasteiger partial charge in [-0.15, -0.1) is 0 Å². The molecule has 0 spiro atoms. The minimum absolute atomic E-state index is 0.353. The SMILES string of the molecule is CCCCCNS(=O)(=O)c1ccc(CC)cc1. The van der Waals surface area contributed by atoms with Gasteiger partial charge < -0.3 is 0 Å². The third-order valence-corrected chi connectivity index (χ3v) is 4.19. The van der Waals surface area contributed by atoms with Crippen molar-refractivity contribution >= 4 is 10.0 Å². The average molecular weight is 255 g/mol. The summed E-state index contributed by atoms with van der Waals surface area (Å²) in [7, 11) is -3.32. The number of unbranched alkanes of at least 4 members (excludes halogenated alkanes) is 2. The third-order valence-electron chi connectivity index (χ3n) is 2.71. The van der Waals surface area contributed by atoms with Gasteiger partial charge in [0.25, 0.3) is 0 Å². The summed E-state index contributed by atoms with van der Waals surface area (Å²) in [6.45, 7) is 4.66. The largest absolute Gasteiger partial charge is 0.240 e. The van der Waals surface area contributed by atoms with Gasteiger partial charge in [0.2, 0.25) is 10.0 Å². The van der Waals surface area contributed by atoms with E-state index in [1.165, 1.54) is 0 Å². The van der Waals surface area contributed by atoms with Crippen LogP contribution in [-0.2, 0) is 16.4 Å². The molecule has 0 bridgehead atoms. The van der Waals surface area contributed by atoms with Crippen molar-refractivity contribution in [1.29, 1.82) is 0 Å². The van der Waals surface area contributed by atoms with E-state index in [2.05, 4.69) is 11.6 Å². The van der Waals surface area contributed by atoms with Gasteiger partial charge in [0, 0.05) is 6.54 Å². The lowest BCUT2D eigenvalue weighted by molar-refractivity contribution is 0.576. The zero-order valence-electron chi connectivity index (χ0n) is 10.6. The Balaban J connectivity index is 2.62. The summed E-state index contributed by atoms with van der Waals surface area (Å²) in [5.74, 6) is 0. The van der Waals surface area contributed by atoms with E-state index in [1.54, 1.807) is 12.1 Å². The maximum atomic E-state index is 11.9. The fourth-order valence-corrected chi connectivity index (χ4v) is 2.64. The molecule has 0 radical (unpaired) electrons. The topological polar surface area (TPSA) is 46.2 Å². The Morgan fingerprint density at radius 1 is 1.06 bits per heavy atom. The van der Waals surface area contributed by atoms with Gasteiger partial charge in [0.15, 0.2) is 0 Å². The van der Waals surface area contributed by atoms with Crippen molar-refractivity contribution in [2.24, 2.45) is 0 Å². The number of hydrogen-bond acceptors (Lipinski definition) is 2. The van der Waals surface area contributed by atoms with Crippen molar-refractivity contribution in [3.63, 3.8) is 0 Å². The number of benzene rings is 1. The number of hydrogen-bond donors (Lipinski definition) is 1. The van der Waals surface area contributed by atoms with Crippen molar-refractivity contribution in [3.05, 3.63) is 29.8 Å². The predicted octanol–water partition coefficient (Wildman–Crippen LogP) is 2.72. The van der Waals surface area contributed by atoms with Crippen LogP contribution in [0.15, 0.2) is 29.2 Å². The van der Waals surface area contributed by atoms with Gasteiger partial charge in [-0.3, -0.25) is 0 Å². The van der Waals surface area contributed by atoms with Crippen molar-refractivity contribution < 1.29 is 8.42 Å². The molecule has 1 rings (SSSR count). The molecule has 4 heteroatoms. The summed E-state index contributed by atoms with van der Waals surface area (Å²) in [5, 5.41) is 0. The van der Waals surface area contributed by atoms with Crippen LogP contribution < -0.4 is 4.72 Å². The van der Waals surface area contributed by atoms with Gasteiger partial charge in [-0.1, -0.05) is 38.8 Å². The molecule has 17 heavy (non-hydrogen) atoms. The van der Waals surface area contributed by atoms with Crippen LogP contribution >= 0.6 is 0 Å². The number of aryl methyl sites for hydroxylation is 1. The number of rotatable bonds is 7. The number of nitrogens with one attached hydrogen (secondary N) is 1. The van der Waals surface area contributed by atoms with Crippen molar-refractivity contribution in [1.82, 2.24) is 4.72 Å². The van der Waals surface area contributed by atoms with E-state index in [0.29, 0.717) is 11.4 Å². The Hall–Kier alpha value is -0.870. The van der Waals surface area contributed by atoms with Gasteiger partial charge in [-0.25, -0.2) is 13.1 Å². The molecule has 0 fully saturated rings. The minimum atomic E-state index is -3.32. The van der Waals surface area contributed by atoms with Gasteiger partial charge in [0.05, 0.1) is 4.90 Å². The summed E-state index contributed by atoms with van der Waals surface area (Å²) >= 11 is 0. The maximum Gasteiger partial charge on any atom is 0.240 e. The molecule has 1 aromatic carbocycles. The average Bonchev–Trinajstić information content (AvgIpc) is 2.35. The lowest BCUT2D eigenvalue weighted by Crippen LogP contribution is -2.24. The van der Waals surface area contributed by atoms with Crippen LogP contribution in [-0.4, -0.2) is 15.0 Å². The molecule has 0 atom stereocenters. The van der Waals surface area contributed by atoms with Crippen molar-refractivity contribution in [3.8, 4) is 0 Å². The van der Waals surface area contributed by atoms with E-state index in [4.69, 9.17) is 0 Å². The smallest absolute Gasteiger partial charge is 0.211 e. The quantitative estimate of drug-likeness (QED) is 0.761. The Labute approximate surface area is 104 Å². The fourth-order valence-electron chi connectivity index (χ4n) is 1.57. The maximum absolute atomic E-state index is 11.9. The molecule has 1 N–H and O–H groups in total. The summed E-state index contributed by atoms with van der Waals surface area (Å²) in [4.78, 5) is 0.353. The highest BCUT2D eigenvalue weighted by Gasteiger charge is 2.12. The molecular weight excluding hydrogens is 234 g/mol. The second-order valence-electron chi connectivity index (χ2n) is 4.10. The first-order chi connectivity index (χ1) is 8.10. The molecule has 0 aliphatic rings. The molecule has 1 aromatic rings. The minimum Gasteiger partial charge on any atom is -0.211 e. The Bertz CT molecular complexity index is 423. The molecule has 0 aromatic heterocycles. The van der Waals surface area contributed by atoms with Crippen LogP contribution in [0.25, 0.3) is 0 Å². The lowest BCUT2D eigenvalue weighted by Gasteiger charge is -2.06. The van der Waals surface area contributed by atoms with Gasteiger partial charge in [0.1, 0.15) is 0 Å². The van der Waals surface area contributed by atoms with Crippen LogP contribution in [0.5, 0.6) is 0 Å². The summed E-state index contributed by atoms with van der Waals surface area (Å²) in [6.07, 6.45) is 3.96. The Kier molecular flexibility index (Phi) is 5.65. The van der Waals surface area contributed by atoms with E-state index < -0.39 is 10.0 Å². The molecule has 0 aliphatic carbocycles. The first kappa shape index (κ1) is 14.2. The van der Waals surface area contributed by atoms with Gasteiger partial charge >= 0.3 is 0 Å². The first-order valence-electron chi connectivity index (χ1n) is 6.18. The molecule has 0 saturated carbocycles. The molecule has 0 aliphatic heterocycles. The summed E-state index contributed by atoms with van der Waals surface area (Å²) in [6, 6.07) is 7.06. The van der Waals surface area contributed by atoms with E-state index in [0.717, 1.165) is 31.2 Å². The molecule has 0 saturated heterocycles. The normalized spacial score (nSPS) is 11.6. The zero-order valence-corrected chi connectivity index (χ0v) is 11.4. The Morgan fingerprint density at radius 2 is 1.71 bits per heavy atom. The van der Waals surface area contributed by atoms with Crippen LogP contribution in [0.2, 0.25) is 0 Å². The van der Waals surface area contributed by atoms with Crippen molar-refractivity contribution in [2.75, 3.05) is 6.54 Å². The molecule has 0 amide bonds. The molecule has 96 valence electrons. The Morgan fingerprint density at radius 3 is 2.24 bits per heavy atom. The monoisotopic (exact) mass is 255 g/mol. The van der Waals surface area contributed by atoms with Crippen molar-refractivity contribution in [2.45, 2.75) is 44.4 Å².